The molecule has 5 heteroatoms. The molecule has 0 bridgehead atoms. The van der Waals surface area contributed by atoms with Crippen molar-refractivity contribution in [1.29, 1.82) is 0 Å². The van der Waals surface area contributed by atoms with Gasteiger partial charge in [-0.3, -0.25) is 4.79 Å². The molecular weight excluding hydrogens is 345 g/mol. The maximum atomic E-state index is 13.7. The number of para-hydroxylation sites is 1. The van der Waals surface area contributed by atoms with Crippen LogP contribution < -0.4 is 5.32 Å². The molecule has 2 rings (SSSR count). The quantitative estimate of drug-likeness (QED) is 0.704. The summed E-state index contributed by atoms with van der Waals surface area (Å²) in [6.45, 7) is 4.14. The Kier molecular flexibility index (Phi) is 7.13. The van der Waals surface area contributed by atoms with Crippen molar-refractivity contribution in [1.82, 2.24) is 0 Å². The van der Waals surface area contributed by atoms with Crippen molar-refractivity contribution in [2.75, 3.05) is 11.1 Å². The summed E-state index contributed by atoms with van der Waals surface area (Å²) in [6.07, 6.45) is 1.74. The van der Waals surface area contributed by atoms with Crippen molar-refractivity contribution < 1.29 is 9.18 Å². The maximum absolute atomic E-state index is 13.7. The second-order valence-corrected chi connectivity index (χ2v) is 6.86. The Morgan fingerprint density at radius 1 is 1.12 bits per heavy atom. The molecular formula is C19H21ClFNOS. The van der Waals surface area contributed by atoms with Crippen molar-refractivity contribution in [3.8, 4) is 0 Å². The van der Waals surface area contributed by atoms with Gasteiger partial charge in [-0.25, -0.2) is 4.39 Å². The maximum Gasteiger partial charge on any atom is 0.234 e. The number of aryl methyl sites for hydroxylation is 2. The van der Waals surface area contributed by atoms with Crippen LogP contribution in [0.5, 0.6) is 0 Å². The lowest BCUT2D eigenvalue weighted by atomic mass is 10.0. The van der Waals surface area contributed by atoms with Crippen LogP contribution in [0, 0.1) is 5.82 Å². The zero-order valence-electron chi connectivity index (χ0n) is 13.9. The first-order valence-corrected chi connectivity index (χ1v) is 9.50. The lowest BCUT2D eigenvalue weighted by molar-refractivity contribution is -0.113. The Bertz CT molecular complexity index is 698. The van der Waals surface area contributed by atoms with Crippen LogP contribution in [-0.2, 0) is 23.4 Å². The van der Waals surface area contributed by atoms with Gasteiger partial charge in [0.2, 0.25) is 5.91 Å². The molecule has 0 aliphatic heterocycles. The number of benzene rings is 2. The van der Waals surface area contributed by atoms with E-state index < -0.39 is 0 Å². The van der Waals surface area contributed by atoms with Crippen LogP contribution in [-0.4, -0.2) is 11.7 Å². The van der Waals surface area contributed by atoms with E-state index in [0.717, 1.165) is 29.7 Å². The highest BCUT2D eigenvalue weighted by Crippen LogP contribution is 2.24. The molecule has 0 spiro atoms. The minimum absolute atomic E-state index is 0.0648. The molecule has 0 saturated carbocycles. The molecule has 2 nitrogen and oxygen atoms in total. The molecule has 0 aliphatic rings. The highest BCUT2D eigenvalue weighted by Gasteiger charge is 2.11. The summed E-state index contributed by atoms with van der Waals surface area (Å²) in [5.74, 6) is 0.320. The molecule has 0 atom stereocenters. The fourth-order valence-electron chi connectivity index (χ4n) is 2.47. The summed E-state index contributed by atoms with van der Waals surface area (Å²) in [7, 11) is 0. The number of amides is 1. The van der Waals surface area contributed by atoms with Crippen molar-refractivity contribution in [3.05, 3.63) is 63.9 Å². The number of nitrogens with one attached hydrogen (secondary N) is 1. The van der Waals surface area contributed by atoms with Crippen LogP contribution >= 0.6 is 23.4 Å². The molecule has 24 heavy (non-hydrogen) atoms. The van der Waals surface area contributed by atoms with Gasteiger partial charge in [0.1, 0.15) is 5.82 Å². The van der Waals surface area contributed by atoms with Gasteiger partial charge in [-0.15, -0.1) is 11.8 Å². The predicted molar refractivity (Wildman–Crippen MR) is 101 cm³/mol. The highest BCUT2D eigenvalue weighted by atomic mass is 35.5. The Morgan fingerprint density at radius 2 is 1.79 bits per heavy atom. The van der Waals surface area contributed by atoms with Crippen LogP contribution in [0.25, 0.3) is 0 Å². The largest absolute Gasteiger partial charge is 0.325 e. The van der Waals surface area contributed by atoms with E-state index in [1.54, 1.807) is 12.1 Å². The molecule has 1 N–H and O–H groups in total. The predicted octanol–water partition coefficient (Wildman–Crippen LogP) is 5.48. The van der Waals surface area contributed by atoms with E-state index in [-0.39, 0.29) is 17.5 Å². The number of halogens is 2. The molecule has 128 valence electrons. The molecule has 0 aliphatic carbocycles. The Morgan fingerprint density at radius 3 is 2.38 bits per heavy atom. The number of carbonyl (C=O) groups excluding carboxylic acids is 1. The number of thioether (sulfide) groups is 1. The average Bonchev–Trinajstić information content (AvgIpc) is 2.57. The summed E-state index contributed by atoms with van der Waals surface area (Å²) in [5.41, 5.74) is 3.75. The third kappa shape index (κ3) is 4.99. The van der Waals surface area contributed by atoms with Gasteiger partial charge in [-0.2, -0.15) is 0 Å². The Balaban J connectivity index is 1.94. The molecule has 0 fully saturated rings. The number of hydrogen-bond donors (Lipinski definition) is 1. The third-order valence-electron chi connectivity index (χ3n) is 3.77. The minimum atomic E-state index is -0.333. The summed E-state index contributed by atoms with van der Waals surface area (Å²) in [4.78, 5) is 12.2. The molecule has 2 aromatic carbocycles. The smallest absolute Gasteiger partial charge is 0.234 e. The van der Waals surface area contributed by atoms with Gasteiger partial charge in [0.25, 0.3) is 0 Å². The van der Waals surface area contributed by atoms with Gasteiger partial charge in [0.15, 0.2) is 0 Å². The summed E-state index contributed by atoms with van der Waals surface area (Å²) in [6, 6.07) is 10.7. The molecule has 0 radical (unpaired) electrons. The van der Waals surface area contributed by atoms with Crippen LogP contribution in [0.1, 0.15) is 30.5 Å². The topological polar surface area (TPSA) is 29.1 Å². The van der Waals surface area contributed by atoms with Gasteiger partial charge < -0.3 is 5.32 Å². The zero-order chi connectivity index (χ0) is 17.5. The van der Waals surface area contributed by atoms with Crippen LogP contribution in [0.3, 0.4) is 0 Å². The number of carbonyl (C=O) groups is 1. The lowest BCUT2D eigenvalue weighted by Gasteiger charge is -2.14. The normalized spacial score (nSPS) is 10.7. The monoisotopic (exact) mass is 365 g/mol. The molecule has 0 unspecified atom stereocenters. The first-order chi connectivity index (χ1) is 11.5. The van der Waals surface area contributed by atoms with Gasteiger partial charge in [0, 0.05) is 16.5 Å². The average molecular weight is 366 g/mol. The Hall–Kier alpha value is -1.52. The van der Waals surface area contributed by atoms with E-state index in [2.05, 4.69) is 19.2 Å². The third-order valence-corrected chi connectivity index (χ3v) is 4.99. The summed E-state index contributed by atoms with van der Waals surface area (Å²) in [5, 5.41) is 3.39. The first-order valence-electron chi connectivity index (χ1n) is 7.97. The van der Waals surface area contributed by atoms with Gasteiger partial charge in [-0.1, -0.05) is 49.7 Å². The van der Waals surface area contributed by atoms with Crippen LogP contribution in [0.15, 0.2) is 36.4 Å². The van der Waals surface area contributed by atoms with E-state index in [0.29, 0.717) is 16.3 Å². The molecule has 0 heterocycles. The number of hydrogen-bond acceptors (Lipinski definition) is 2. The van der Waals surface area contributed by atoms with Gasteiger partial charge in [-0.05, 0) is 41.7 Å². The van der Waals surface area contributed by atoms with Crippen LogP contribution in [0.2, 0.25) is 5.02 Å². The molecule has 0 aromatic heterocycles. The molecule has 2 aromatic rings. The van der Waals surface area contributed by atoms with Crippen molar-refractivity contribution in [3.63, 3.8) is 0 Å². The van der Waals surface area contributed by atoms with E-state index in [1.165, 1.54) is 17.8 Å². The number of rotatable bonds is 7. The van der Waals surface area contributed by atoms with Crippen molar-refractivity contribution in [2.45, 2.75) is 32.4 Å². The molecule has 1 amide bonds. The first kappa shape index (κ1) is 18.8. The second kappa shape index (κ2) is 9.09. The number of anilines is 1. The van der Waals surface area contributed by atoms with E-state index in [1.807, 2.05) is 18.2 Å². The second-order valence-electron chi connectivity index (χ2n) is 5.44. The minimum Gasteiger partial charge on any atom is -0.325 e. The SMILES string of the molecule is CCc1cccc(CC)c1NC(=O)CSCc1ccc(Cl)cc1F. The Labute approximate surface area is 151 Å². The van der Waals surface area contributed by atoms with E-state index in [9.17, 15) is 9.18 Å². The summed E-state index contributed by atoms with van der Waals surface area (Å²) >= 11 is 7.12. The van der Waals surface area contributed by atoms with E-state index >= 15 is 0 Å². The standard InChI is InChI=1S/C19H21ClFNOS/c1-3-13-6-5-7-14(4-2)19(13)22-18(23)12-24-11-15-8-9-16(20)10-17(15)21/h5-10H,3-4,11-12H2,1-2H3,(H,22,23). The lowest BCUT2D eigenvalue weighted by Crippen LogP contribution is -2.17. The fourth-order valence-corrected chi connectivity index (χ4v) is 3.44. The highest BCUT2D eigenvalue weighted by molar-refractivity contribution is 7.99. The van der Waals surface area contributed by atoms with Gasteiger partial charge in [0.05, 0.1) is 5.75 Å². The fraction of sp³-hybridized carbons (Fsp3) is 0.316. The van der Waals surface area contributed by atoms with Crippen molar-refractivity contribution >= 4 is 35.0 Å². The molecule has 0 saturated heterocycles. The van der Waals surface area contributed by atoms with Crippen molar-refractivity contribution in [2.24, 2.45) is 0 Å². The van der Waals surface area contributed by atoms with Crippen LogP contribution in [0.4, 0.5) is 10.1 Å². The van der Waals surface area contributed by atoms with E-state index in [4.69, 9.17) is 11.6 Å². The van der Waals surface area contributed by atoms with Gasteiger partial charge >= 0.3 is 0 Å². The summed E-state index contributed by atoms with van der Waals surface area (Å²) < 4.78 is 13.7. The zero-order valence-corrected chi connectivity index (χ0v) is 15.4.